The Labute approximate surface area is 90.0 Å². The monoisotopic (exact) mass is 227 g/mol. The molecule has 5 nitrogen and oxygen atoms in total. The molecule has 15 heavy (non-hydrogen) atoms. The molecule has 0 saturated heterocycles. The van der Waals surface area contributed by atoms with Gasteiger partial charge in [-0.25, -0.2) is 9.59 Å². The van der Waals surface area contributed by atoms with Crippen LogP contribution < -0.4 is 5.32 Å². The number of hydrogen-bond donors (Lipinski definition) is 2. The van der Waals surface area contributed by atoms with E-state index < -0.39 is 12.1 Å². The second-order valence-electron chi connectivity index (χ2n) is 2.52. The van der Waals surface area contributed by atoms with E-state index in [0.29, 0.717) is 5.00 Å². The average molecular weight is 227 g/mol. The molecule has 1 amide bonds. The fraction of sp³-hybridized carbons (Fsp3) is 0.111. The van der Waals surface area contributed by atoms with Crippen molar-refractivity contribution >= 4 is 28.4 Å². The van der Waals surface area contributed by atoms with Crippen molar-refractivity contribution in [2.45, 2.75) is 0 Å². The summed E-state index contributed by atoms with van der Waals surface area (Å²) in [6.45, 7) is 3.50. The molecular formula is C9H9NO4S. The van der Waals surface area contributed by atoms with Crippen molar-refractivity contribution in [2.24, 2.45) is 0 Å². The molecule has 0 spiro atoms. The van der Waals surface area contributed by atoms with E-state index in [1.165, 1.54) is 17.5 Å². The van der Waals surface area contributed by atoms with Gasteiger partial charge in [0.05, 0.1) is 10.6 Å². The van der Waals surface area contributed by atoms with Gasteiger partial charge in [-0.15, -0.1) is 11.3 Å². The fourth-order valence-electron chi connectivity index (χ4n) is 0.785. The van der Waals surface area contributed by atoms with Crippen LogP contribution in [0.5, 0.6) is 0 Å². The van der Waals surface area contributed by atoms with E-state index in [4.69, 9.17) is 5.11 Å². The highest BCUT2D eigenvalue weighted by Crippen LogP contribution is 2.20. The molecule has 0 aliphatic heterocycles. The molecule has 0 unspecified atom stereocenters. The van der Waals surface area contributed by atoms with Crippen LogP contribution in [0.1, 0.15) is 10.4 Å². The highest BCUT2D eigenvalue weighted by Gasteiger charge is 2.08. The summed E-state index contributed by atoms with van der Waals surface area (Å²) in [5.74, 6) is -1.03. The van der Waals surface area contributed by atoms with Gasteiger partial charge >= 0.3 is 12.1 Å². The number of carbonyl (C=O) groups is 2. The standard InChI is InChI=1S/C9H9NO4S/c1-2-3-14-9(13)10-7-4-6(5-15-7)8(11)12/h2,4-5H,1,3H2,(H,10,13)(H,11,12). The number of amides is 1. The van der Waals surface area contributed by atoms with E-state index in [9.17, 15) is 9.59 Å². The van der Waals surface area contributed by atoms with Gasteiger partial charge in [0.1, 0.15) is 6.61 Å². The number of nitrogens with one attached hydrogen (secondary N) is 1. The molecule has 0 atom stereocenters. The zero-order valence-corrected chi connectivity index (χ0v) is 8.54. The normalized spacial score (nSPS) is 9.33. The minimum atomic E-state index is -1.03. The molecule has 0 saturated carbocycles. The molecule has 1 heterocycles. The Morgan fingerprint density at radius 2 is 2.40 bits per heavy atom. The van der Waals surface area contributed by atoms with Gasteiger partial charge in [-0.3, -0.25) is 5.32 Å². The maximum atomic E-state index is 11.0. The Bertz CT molecular complexity index is 385. The number of hydrogen-bond acceptors (Lipinski definition) is 4. The number of aromatic carboxylic acids is 1. The zero-order valence-electron chi connectivity index (χ0n) is 7.73. The molecule has 1 rings (SSSR count). The van der Waals surface area contributed by atoms with Gasteiger partial charge in [0.2, 0.25) is 0 Å². The lowest BCUT2D eigenvalue weighted by atomic mass is 10.3. The first-order valence-electron chi connectivity index (χ1n) is 4.00. The van der Waals surface area contributed by atoms with Gasteiger partial charge in [-0.05, 0) is 6.07 Å². The lowest BCUT2D eigenvalue weighted by molar-refractivity contribution is 0.0697. The summed E-state index contributed by atoms with van der Waals surface area (Å²) < 4.78 is 4.66. The van der Waals surface area contributed by atoms with Crippen molar-refractivity contribution in [3.8, 4) is 0 Å². The zero-order chi connectivity index (χ0) is 11.3. The predicted molar refractivity (Wildman–Crippen MR) is 56.4 cm³/mol. The summed E-state index contributed by atoms with van der Waals surface area (Å²) >= 11 is 1.12. The number of carboxylic acids is 1. The predicted octanol–water partition coefficient (Wildman–Crippen LogP) is 2.18. The van der Waals surface area contributed by atoms with Crippen LogP contribution in [0.15, 0.2) is 24.1 Å². The van der Waals surface area contributed by atoms with Gasteiger partial charge in [0.25, 0.3) is 0 Å². The Morgan fingerprint density at radius 1 is 1.67 bits per heavy atom. The number of anilines is 1. The topological polar surface area (TPSA) is 75.6 Å². The highest BCUT2D eigenvalue weighted by atomic mass is 32.1. The molecule has 0 fully saturated rings. The van der Waals surface area contributed by atoms with E-state index >= 15 is 0 Å². The SMILES string of the molecule is C=CCOC(=O)Nc1cc(C(=O)O)cs1. The molecular weight excluding hydrogens is 218 g/mol. The van der Waals surface area contributed by atoms with Crippen LogP contribution in [0, 0.1) is 0 Å². The molecule has 0 aromatic carbocycles. The van der Waals surface area contributed by atoms with Crippen LogP contribution in [0.2, 0.25) is 0 Å². The van der Waals surface area contributed by atoms with Gasteiger partial charge < -0.3 is 9.84 Å². The average Bonchev–Trinajstić information content (AvgIpc) is 2.63. The molecule has 2 N–H and O–H groups in total. The van der Waals surface area contributed by atoms with Crippen molar-refractivity contribution in [3.63, 3.8) is 0 Å². The van der Waals surface area contributed by atoms with Crippen molar-refractivity contribution in [2.75, 3.05) is 11.9 Å². The summed E-state index contributed by atoms with van der Waals surface area (Å²) in [6, 6.07) is 1.36. The number of ether oxygens (including phenoxy) is 1. The van der Waals surface area contributed by atoms with Gasteiger partial charge in [-0.2, -0.15) is 0 Å². The van der Waals surface area contributed by atoms with Crippen molar-refractivity contribution in [1.29, 1.82) is 0 Å². The number of carbonyl (C=O) groups excluding carboxylic acids is 1. The van der Waals surface area contributed by atoms with Crippen molar-refractivity contribution in [1.82, 2.24) is 0 Å². The Kier molecular flexibility index (Phi) is 3.87. The van der Waals surface area contributed by atoms with Crippen LogP contribution in [0.3, 0.4) is 0 Å². The number of rotatable bonds is 4. The third-order valence-electron chi connectivity index (χ3n) is 1.40. The molecule has 0 radical (unpaired) electrons. The first-order valence-corrected chi connectivity index (χ1v) is 4.88. The molecule has 0 bridgehead atoms. The van der Waals surface area contributed by atoms with Crippen molar-refractivity contribution < 1.29 is 19.4 Å². The second-order valence-corrected chi connectivity index (χ2v) is 3.43. The second kappa shape index (κ2) is 5.16. The van der Waals surface area contributed by atoms with Gasteiger partial charge in [0, 0.05) is 5.38 Å². The third kappa shape index (κ3) is 3.43. The minimum Gasteiger partial charge on any atom is -0.478 e. The maximum Gasteiger partial charge on any atom is 0.412 e. The summed E-state index contributed by atoms with van der Waals surface area (Å²) in [6.07, 6.45) is 0.810. The fourth-order valence-corrected chi connectivity index (χ4v) is 1.55. The van der Waals surface area contributed by atoms with Gasteiger partial charge in [0.15, 0.2) is 0 Å². The van der Waals surface area contributed by atoms with Crippen molar-refractivity contribution in [3.05, 3.63) is 29.7 Å². The molecule has 0 aliphatic carbocycles. The molecule has 1 aromatic heterocycles. The maximum absolute atomic E-state index is 11.0. The minimum absolute atomic E-state index is 0.114. The van der Waals surface area contributed by atoms with Crippen LogP contribution in [0.25, 0.3) is 0 Å². The smallest absolute Gasteiger partial charge is 0.412 e. The first kappa shape index (κ1) is 11.3. The Morgan fingerprint density at radius 3 is 2.93 bits per heavy atom. The molecule has 6 heteroatoms. The lowest BCUT2D eigenvalue weighted by Gasteiger charge is -2.01. The van der Waals surface area contributed by atoms with E-state index in [1.807, 2.05) is 0 Å². The van der Waals surface area contributed by atoms with Crippen LogP contribution in [-0.2, 0) is 4.74 Å². The number of carboxylic acid groups (broad SMARTS) is 1. The van der Waals surface area contributed by atoms with Crippen LogP contribution in [-0.4, -0.2) is 23.8 Å². The highest BCUT2D eigenvalue weighted by molar-refractivity contribution is 7.14. The summed E-state index contributed by atoms with van der Waals surface area (Å²) in [7, 11) is 0. The largest absolute Gasteiger partial charge is 0.478 e. The quantitative estimate of drug-likeness (QED) is 0.773. The van der Waals surface area contributed by atoms with Crippen LogP contribution >= 0.6 is 11.3 Å². The Hall–Kier alpha value is -1.82. The molecule has 1 aromatic rings. The van der Waals surface area contributed by atoms with Crippen LogP contribution in [0.4, 0.5) is 9.80 Å². The third-order valence-corrected chi connectivity index (χ3v) is 2.25. The number of thiophene rings is 1. The summed E-state index contributed by atoms with van der Waals surface area (Å²) in [5, 5.41) is 12.9. The van der Waals surface area contributed by atoms with Gasteiger partial charge in [-0.1, -0.05) is 12.7 Å². The first-order chi connectivity index (χ1) is 7.13. The van der Waals surface area contributed by atoms with E-state index in [2.05, 4.69) is 16.6 Å². The molecule has 80 valence electrons. The summed E-state index contributed by atoms with van der Waals surface area (Å²) in [4.78, 5) is 21.6. The van der Waals surface area contributed by atoms with E-state index in [-0.39, 0.29) is 12.2 Å². The Balaban J connectivity index is 2.53. The van der Waals surface area contributed by atoms with E-state index in [0.717, 1.165) is 11.3 Å². The summed E-state index contributed by atoms with van der Waals surface area (Å²) in [5.41, 5.74) is 0.138. The van der Waals surface area contributed by atoms with E-state index in [1.54, 1.807) is 0 Å². The molecule has 0 aliphatic rings. The lowest BCUT2D eigenvalue weighted by Crippen LogP contribution is -2.12.